The van der Waals surface area contributed by atoms with E-state index in [0.717, 1.165) is 25.0 Å². The van der Waals surface area contributed by atoms with Gasteiger partial charge in [0.05, 0.1) is 5.25 Å². The highest BCUT2D eigenvalue weighted by Gasteiger charge is 2.33. The van der Waals surface area contributed by atoms with E-state index in [1.165, 1.54) is 11.8 Å². The van der Waals surface area contributed by atoms with Crippen LogP contribution in [0.25, 0.3) is 0 Å². The topological polar surface area (TPSA) is 73.0 Å². The summed E-state index contributed by atoms with van der Waals surface area (Å²) >= 11 is 0. The minimum absolute atomic E-state index is 0.0553. The third-order valence-electron chi connectivity index (χ3n) is 3.92. The Bertz CT molecular complexity index is 528. The molecule has 1 aromatic rings. The van der Waals surface area contributed by atoms with E-state index in [1.807, 2.05) is 6.07 Å². The lowest BCUT2D eigenvalue weighted by Gasteiger charge is -2.31. The van der Waals surface area contributed by atoms with Crippen LogP contribution in [0.4, 0.5) is 0 Å². The number of nitrogens with zero attached hydrogens (tertiary/aromatic N) is 1. The number of pyridine rings is 1. The summed E-state index contributed by atoms with van der Waals surface area (Å²) in [6.07, 6.45) is 5.99. The molecule has 18 heavy (non-hydrogen) atoms. The lowest BCUT2D eigenvalue weighted by molar-refractivity contribution is 0.438. The first-order valence-corrected chi connectivity index (χ1v) is 8.25. The van der Waals surface area contributed by atoms with Crippen LogP contribution in [0, 0.1) is 0 Å². The zero-order chi connectivity index (χ0) is 13.3. The van der Waals surface area contributed by atoms with Crippen LogP contribution >= 0.6 is 0 Å². The number of aryl methyl sites for hydroxylation is 1. The van der Waals surface area contributed by atoms with Gasteiger partial charge in [-0.05, 0) is 37.8 Å². The summed E-state index contributed by atoms with van der Waals surface area (Å²) in [4.78, 5) is 4.41. The molecule has 0 amide bonds. The van der Waals surface area contributed by atoms with Gasteiger partial charge >= 0.3 is 0 Å². The Labute approximate surface area is 109 Å². The summed E-state index contributed by atoms with van der Waals surface area (Å²) in [5.74, 6) is 0.0553. The fourth-order valence-electron chi connectivity index (χ4n) is 2.63. The van der Waals surface area contributed by atoms with Crippen molar-refractivity contribution in [1.29, 1.82) is 0 Å². The molecular weight excluding hydrogens is 248 g/mol. The summed E-state index contributed by atoms with van der Waals surface area (Å²) in [6, 6.07) is 3.60. The number of hydrogen-bond acceptors (Lipinski definition) is 4. The first-order chi connectivity index (χ1) is 8.41. The first-order valence-electron chi connectivity index (χ1n) is 6.29. The van der Waals surface area contributed by atoms with Crippen LogP contribution in [0.3, 0.4) is 0 Å². The van der Waals surface area contributed by atoms with Crippen molar-refractivity contribution in [3.05, 3.63) is 29.6 Å². The third-order valence-corrected chi connectivity index (χ3v) is 5.59. The molecule has 100 valence electrons. The van der Waals surface area contributed by atoms with Gasteiger partial charge in [0, 0.05) is 30.1 Å². The van der Waals surface area contributed by atoms with Crippen LogP contribution in [0.1, 0.15) is 36.9 Å². The second-order valence-corrected chi connectivity index (χ2v) is 7.56. The predicted octanol–water partition coefficient (Wildman–Crippen LogP) is 1.26. The predicted molar refractivity (Wildman–Crippen MR) is 72.2 cm³/mol. The van der Waals surface area contributed by atoms with Gasteiger partial charge in [0.25, 0.3) is 0 Å². The maximum absolute atomic E-state index is 11.6. The molecule has 5 heteroatoms. The molecule has 0 fully saturated rings. The summed E-state index contributed by atoms with van der Waals surface area (Å²) in [5, 5.41) is -0.532. The van der Waals surface area contributed by atoms with Gasteiger partial charge in [-0.15, -0.1) is 0 Å². The monoisotopic (exact) mass is 268 g/mol. The van der Waals surface area contributed by atoms with Crippen LogP contribution in [0.5, 0.6) is 0 Å². The van der Waals surface area contributed by atoms with Crippen molar-refractivity contribution < 1.29 is 8.42 Å². The lowest BCUT2D eigenvalue weighted by atomic mass is 9.81. The molecule has 2 rings (SSSR count). The van der Waals surface area contributed by atoms with Crippen molar-refractivity contribution >= 4 is 9.84 Å². The van der Waals surface area contributed by atoms with Crippen molar-refractivity contribution in [2.75, 3.05) is 6.26 Å². The van der Waals surface area contributed by atoms with Gasteiger partial charge in [-0.1, -0.05) is 6.07 Å². The van der Waals surface area contributed by atoms with Crippen molar-refractivity contribution in [1.82, 2.24) is 4.98 Å². The number of nitrogens with two attached hydrogens (primary N) is 1. The average Bonchev–Trinajstić information content (AvgIpc) is 2.35. The molecule has 0 saturated carbocycles. The number of sulfone groups is 1. The highest BCUT2D eigenvalue weighted by Crippen LogP contribution is 2.33. The molecule has 3 unspecified atom stereocenters. The Kier molecular flexibility index (Phi) is 3.73. The SMILES string of the molecule is CC(C(N)C1CCCc2cccnc21)S(C)(=O)=O. The lowest BCUT2D eigenvalue weighted by Crippen LogP contribution is -2.43. The van der Waals surface area contributed by atoms with E-state index >= 15 is 0 Å². The second-order valence-electron chi connectivity index (χ2n) is 5.16. The summed E-state index contributed by atoms with van der Waals surface area (Å²) in [6.45, 7) is 1.69. The van der Waals surface area contributed by atoms with Gasteiger partial charge in [-0.3, -0.25) is 4.98 Å². The average molecular weight is 268 g/mol. The Hall–Kier alpha value is -0.940. The fourth-order valence-corrected chi connectivity index (χ4v) is 3.39. The molecular formula is C13H20N2O2S. The molecule has 0 aromatic carbocycles. The van der Waals surface area contributed by atoms with Gasteiger partial charge in [0.1, 0.15) is 0 Å². The number of aromatic nitrogens is 1. The van der Waals surface area contributed by atoms with Crippen LogP contribution in [-0.4, -0.2) is 30.9 Å². The molecule has 0 radical (unpaired) electrons. The molecule has 1 aliphatic carbocycles. The van der Waals surface area contributed by atoms with Crippen LogP contribution in [-0.2, 0) is 16.3 Å². The molecule has 2 N–H and O–H groups in total. The quantitative estimate of drug-likeness (QED) is 0.895. The van der Waals surface area contributed by atoms with Crippen molar-refractivity contribution in [3.8, 4) is 0 Å². The molecule has 1 heterocycles. The molecule has 0 bridgehead atoms. The fraction of sp³-hybridized carbons (Fsp3) is 0.615. The molecule has 0 aliphatic heterocycles. The van der Waals surface area contributed by atoms with Crippen molar-refractivity contribution in [2.24, 2.45) is 5.73 Å². The van der Waals surface area contributed by atoms with E-state index < -0.39 is 15.1 Å². The van der Waals surface area contributed by atoms with E-state index in [4.69, 9.17) is 5.73 Å². The molecule has 0 saturated heterocycles. The first kappa shape index (κ1) is 13.5. The van der Waals surface area contributed by atoms with E-state index in [9.17, 15) is 8.42 Å². The Morgan fingerprint density at radius 2 is 2.22 bits per heavy atom. The summed E-state index contributed by atoms with van der Waals surface area (Å²) in [7, 11) is -3.11. The Morgan fingerprint density at radius 1 is 1.50 bits per heavy atom. The number of fused-ring (bicyclic) bond motifs is 1. The maximum atomic E-state index is 11.6. The van der Waals surface area contributed by atoms with Gasteiger partial charge in [0.2, 0.25) is 0 Å². The highest BCUT2D eigenvalue weighted by atomic mass is 32.2. The largest absolute Gasteiger partial charge is 0.326 e. The van der Waals surface area contributed by atoms with Crippen molar-refractivity contribution in [3.63, 3.8) is 0 Å². The van der Waals surface area contributed by atoms with Crippen LogP contribution in [0.15, 0.2) is 18.3 Å². The smallest absolute Gasteiger partial charge is 0.151 e. The minimum Gasteiger partial charge on any atom is -0.326 e. The number of hydrogen-bond donors (Lipinski definition) is 1. The molecule has 4 nitrogen and oxygen atoms in total. The Morgan fingerprint density at radius 3 is 2.89 bits per heavy atom. The maximum Gasteiger partial charge on any atom is 0.151 e. The molecule has 1 aliphatic rings. The number of rotatable bonds is 3. The highest BCUT2D eigenvalue weighted by molar-refractivity contribution is 7.91. The standard InChI is InChI=1S/C13H20N2O2S/c1-9(18(2,16)17)12(14)11-7-3-5-10-6-4-8-15-13(10)11/h4,6,8-9,11-12H,3,5,7,14H2,1-2H3. The van der Waals surface area contributed by atoms with E-state index in [2.05, 4.69) is 11.1 Å². The summed E-state index contributed by atoms with van der Waals surface area (Å²) in [5.41, 5.74) is 8.38. The molecule has 0 spiro atoms. The van der Waals surface area contributed by atoms with E-state index in [0.29, 0.717) is 0 Å². The zero-order valence-electron chi connectivity index (χ0n) is 10.8. The molecule has 1 aromatic heterocycles. The van der Waals surface area contributed by atoms with Crippen molar-refractivity contribution in [2.45, 2.75) is 43.4 Å². The van der Waals surface area contributed by atoms with E-state index in [1.54, 1.807) is 13.1 Å². The van der Waals surface area contributed by atoms with Gasteiger partial charge in [0.15, 0.2) is 9.84 Å². The third kappa shape index (κ3) is 2.57. The van der Waals surface area contributed by atoms with Crippen LogP contribution < -0.4 is 5.73 Å². The molecule has 3 atom stereocenters. The van der Waals surface area contributed by atoms with Crippen LogP contribution in [0.2, 0.25) is 0 Å². The minimum atomic E-state index is -3.11. The second kappa shape index (κ2) is 4.97. The Balaban J connectivity index is 2.31. The normalized spacial score (nSPS) is 23.2. The van der Waals surface area contributed by atoms with E-state index in [-0.39, 0.29) is 12.0 Å². The van der Waals surface area contributed by atoms with Gasteiger partial charge in [-0.25, -0.2) is 8.42 Å². The zero-order valence-corrected chi connectivity index (χ0v) is 11.7. The van der Waals surface area contributed by atoms with Gasteiger partial charge < -0.3 is 5.73 Å². The van der Waals surface area contributed by atoms with Gasteiger partial charge in [-0.2, -0.15) is 0 Å². The summed E-state index contributed by atoms with van der Waals surface area (Å²) < 4.78 is 23.3.